The van der Waals surface area contributed by atoms with Crippen molar-refractivity contribution in [1.29, 1.82) is 0 Å². The van der Waals surface area contributed by atoms with Gasteiger partial charge in [0.2, 0.25) is 0 Å². The van der Waals surface area contributed by atoms with Gasteiger partial charge in [-0.3, -0.25) is 9.78 Å². The summed E-state index contributed by atoms with van der Waals surface area (Å²) in [6, 6.07) is 7.59. The Kier molecular flexibility index (Phi) is 6.11. The van der Waals surface area contributed by atoms with Gasteiger partial charge in [-0.25, -0.2) is 4.98 Å². The van der Waals surface area contributed by atoms with E-state index in [-0.39, 0.29) is 18.3 Å². The Morgan fingerprint density at radius 3 is 2.25 bits per heavy atom. The summed E-state index contributed by atoms with van der Waals surface area (Å²) in [7, 11) is 3.69. The van der Waals surface area contributed by atoms with Gasteiger partial charge in [0, 0.05) is 31.7 Å². The highest BCUT2D eigenvalue weighted by atomic mass is 35.5. The largest absolute Gasteiger partial charge is 0.497 e. The summed E-state index contributed by atoms with van der Waals surface area (Å²) in [6.45, 7) is 3.25. The fourth-order valence-corrected chi connectivity index (χ4v) is 2.52. The molecule has 7 heteroatoms. The third-order valence-corrected chi connectivity index (χ3v) is 4.05. The Bertz CT molecular complexity index is 668. The lowest BCUT2D eigenvalue weighted by atomic mass is 10.1. The number of rotatable bonds is 3. The smallest absolute Gasteiger partial charge is 0.274 e. The summed E-state index contributed by atoms with van der Waals surface area (Å²) in [5.41, 5.74) is 2.08. The molecule has 0 spiro atoms. The molecule has 1 aromatic carbocycles. The average molecular weight is 349 g/mol. The number of aromatic nitrogens is 2. The van der Waals surface area contributed by atoms with Crippen molar-refractivity contribution in [2.24, 2.45) is 0 Å². The van der Waals surface area contributed by atoms with Crippen molar-refractivity contribution in [3.8, 4) is 17.0 Å². The van der Waals surface area contributed by atoms with Crippen molar-refractivity contribution in [1.82, 2.24) is 19.8 Å². The van der Waals surface area contributed by atoms with Crippen molar-refractivity contribution in [3.05, 3.63) is 42.4 Å². The van der Waals surface area contributed by atoms with Crippen LogP contribution in [-0.4, -0.2) is 66.0 Å². The Balaban J connectivity index is 0.00000208. The lowest BCUT2D eigenvalue weighted by Gasteiger charge is -2.32. The molecule has 3 rings (SSSR count). The Morgan fingerprint density at radius 1 is 1.04 bits per heavy atom. The molecule has 1 aromatic heterocycles. The number of halogens is 1. The molecule has 1 aliphatic rings. The van der Waals surface area contributed by atoms with E-state index in [1.165, 1.54) is 0 Å². The summed E-state index contributed by atoms with van der Waals surface area (Å²) < 4.78 is 5.14. The van der Waals surface area contributed by atoms with Crippen LogP contribution in [0.2, 0.25) is 0 Å². The van der Waals surface area contributed by atoms with Crippen LogP contribution in [-0.2, 0) is 0 Å². The predicted octanol–water partition coefficient (Wildman–Crippen LogP) is 1.96. The molecule has 0 N–H and O–H groups in total. The standard InChI is InChI=1S/C17H20N4O2.ClH/c1-20-7-9-21(10-8-20)17(22)16-12-18-15(11-19-16)13-3-5-14(23-2)6-4-13;/h3-6,11-12H,7-10H2,1-2H3;1H. The van der Waals surface area contributed by atoms with Crippen LogP contribution in [0.4, 0.5) is 0 Å². The van der Waals surface area contributed by atoms with E-state index < -0.39 is 0 Å². The van der Waals surface area contributed by atoms with Crippen LogP contribution >= 0.6 is 12.4 Å². The monoisotopic (exact) mass is 348 g/mol. The van der Waals surface area contributed by atoms with Crippen LogP contribution in [0.15, 0.2) is 36.7 Å². The van der Waals surface area contributed by atoms with Gasteiger partial charge in [-0.2, -0.15) is 0 Å². The molecule has 0 saturated carbocycles. The third-order valence-electron chi connectivity index (χ3n) is 4.05. The molecule has 2 aromatic rings. The highest BCUT2D eigenvalue weighted by molar-refractivity contribution is 5.92. The topological polar surface area (TPSA) is 58.6 Å². The quantitative estimate of drug-likeness (QED) is 0.848. The van der Waals surface area contributed by atoms with Crippen molar-refractivity contribution >= 4 is 18.3 Å². The molecule has 6 nitrogen and oxygen atoms in total. The number of benzene rings is 1. The zero-order valence-electron chi connectivity index (χ0n) is 13.8. The summed E-state index contributed by atoms with van der Waals surface area (Å²) in [4.78, 5) is 25.1. The second-order valence-electron chi connectivity index (χ2n) is 5.61. The number of ether oxygens (including phenoxy) is 1. The first-order chi connectivity index (χ1) is 11.2. The van der Waals surface area contributed by atoms with E-state index in [0.717, 1.165) is 43.2 Å². The van der Waals surface area contributed by atoms with Gasteiger partial charge in [0.05, 0.1) is 25.2 Å². The maximum absolute atomic E-state index is 12.4. The Morgan fingerprint density at radius 2 is 1.71 bits per heavy atom. The maximum atomic E-state index is 12.4. The van der Waals surface area contributed by atoms with Gasteiger partial charge >= 0.3 is 0 Å². The summed E-state index contributed by atoms with van der Waals surface area (Å²) >= 11 is 0. The minimum Gasteiger partial charge on any atom is -0.497 e. The molecule has 2 heterocycles. The Labute approximate surface area is 147 Å². The second-order valence-corrected chi connectivity index (χ2v) is 5.61. The van der Waals surface area contributed by atoms with Gasteiger partial charge in [0.1, 0.15) is 11.4 Å². The molecule has 1 amide bonds. The average Bonchev–Trinajstić information content (AvgIpc) is 2.62. The highest BCUT2D eigenvalue weighted by Crippen LogP contribution is 2.20. The van der Waals surface area contributed by atoms with Gasteiger partial charge < -0.3 is 14.5 Å². The lowest BCUT2D eigenvalue weighted by Crippen LogP contribution is -2.47. The highest BCUT2D eigenvalue weighted by Gasteiger charge is 2.21. The van der Waals surface area contributed by atoms with E-state index in [4.69, 9.17) is 4.74 Å². The molecule has 0 unspecified atom stereocenters. The fourth-order valence-electron chi connectivity index (χ4n) is 2.52. The number of carbonyl (C=O) groups excluding carboxylic acids is 1. The lowest BCUT2D eigenvalue weighted by molar-refractivity contribution is 0.0658. The number of likely N-dealkylation sites (N-methyl/N-ethyl adjacent to an activating group) is 1. The minimum absolute atomic E-state index is 0. The number of methoxy groups -OCH3 is 1. The number of hydrogen-bond donors (Lipinski definition) is 0. The van der Waals surface area contributed by atoms with E-state index >= 15 is 0 Å². The van der Waals surface area contributed by atoms with Crippen molar-refractivity contribution in [2.75, 3.05) is 40.3 Å². The molecule has 0 bridgehead atoms. The molecule has 0 aliphatic carbocycles. The van der Waals surface area contributed by atoms with Crippen LogP contribution in [0.1, 0.15) is 10.5 Å². The molecule has 0 atom stereocenters. The number of hydrogen-bond acceptors (Lipinski definition) is 5. The Hall–Kier alpha value is -2.18. The zero-order valence-corrected chi connectivity index (χ0v) is 14.6. The fraction of sp³-hybridized carbons (Fsp3) is 0.353. The second kappa shape index (κ2) is 8.08. The van der Waals surface area contributed by atoms with E-state index in [9.17, 15) is 4.79 Å². The number of nitrogens with zero attached hydrogens (tertiary/aromatic N) is 4. The predicted molar refractivity (Wildman–Crippen MR) is 94.7 cm³/mol. The first-order valence-corrected chi connectivity index (χ1v) is 7.61. The number of carbonyl (C=O) groups is 1. The maximum Gasteiger partial charge on any atom is 0.274 e. The number of piperazine rings is 1. The molecule has 24 heavy (non-hydrogen) atoms. The van der Waals surface area contributed by atoms with Crippen LogP contribution < -0.4 is 4.74 Å². The third kappa shape index (κ3) is 4.01. The van der Waals surface area contributed by atoms with E-state index in [0.29, 0.717) is 5.69 Å². The first kappa shape index (κ1) is 18.2. The van der Waals surface area contributed by atoms with Crippen molar-refractivity contribution in [3.63, 3.8) is 0 Å². The van der Waals surface area contributed by atoms with Gasteiger partial charge in [0.25, 0.3) is 5.91 Å². The molecule has 1 fully saturated rings. The minimum atomic E-state index is -0.0492. The van der Waals surface area contributed by atoms with Crippen LogP contribution in [0.25, 0.3) is 11.3 Å². The number of amides is 1. The van der Waals surface area contributed by atoms with Gasteiger partial charge in [-0.15, -0.1) is 12.4 Å². The normalized spacial score (nSPS) is 14.8. The van der Waals surface area contributed by atoms with Crippen molar-refractivity contribution in [2.45, 2.75) is 0 Å². The van der Waals surface area contributed by atoms with Crippen molar-refractivity contribution < 1.29 is 9.53 Å². The van der Waals surface area contributed by atoms with Gasteiger partial charge in [-0.1, -0.05) is 0 Å². The van der Waals surface area contributed by atoms with E-state index in [1.807, 2.05) is 29.2 Å². The molecule has 1 aliphatic heterocycles. The summed E-state index contributed by atoms with van der Waals surface area (Å²) in [6.07, 6.45) is 3.20. The SMILES string of the molecule is COc1ccc(-c2cnc(C(=O)N3CCN(C)CC3)cn2)cc1.Cl. The molecular weight excluding hydrogens is 328 g/mol. The molecule has 1 saturated heterocycles. The van der Waals surface area contributed by atoms with Gasteiger partial charge in [0.15, 0.2) is 0 Å². The van der Waals surface area contributed by atoms with Crippen LogP contribution in [0.3, 0.4) is 0 Å². The van der Waals surface area contributed by atoms with Crippen LogP contribution in [0.5, 0.6) is 5.75 Å². The molecular formula is C17H21ClN4O2. The molecule has 0 radical (unpaired) electrons. The first-order valence-electron chi connectivity index (χ1n) is 7.61. The van der Waals surface area contributed by atoms with Crippen LogP contribution in [0, 0.1) is 0 Å². The van der Waals surface area contributed by atoms with Gasteiger partial charge in [-0.05, 0) is 31.3 Å². The van der Waals surface area contributed by atoms with E-state index in [1.54, 1.807) is 19.5 Å². The zero-order chi connectivity index (χ0) is 16.2. The van der Waals surface area contributed by atoms with E-state index in [2.05, 4.69) is 21.9 Å². The molecule has 128 valence electrons. The summed E-state index contributed by atoms with van der Waals surface area (Å²) in [5.74, 6) is 0.746. The summed E-state index contributed by atoms with van der Waals surface area (Å²) in [5, 5.41) is 0.